The molecule has 0 unspecified atom stereocenters. The van der Waals surface area contributed by atoms with Gasteiger partial charge in [0.05, 0.1) is 6.42 Å². The molecule has 0 aromatic heterocycles. The van der Waals surface area contributed by atoms with Gasteiger partial charge in [-0.1, -0.05) is 29.4 Å². The molecule has 0 heterocycles. The molecule has 1 amide bonds. The third kappa shape index (κ3) is 4.62. The van der Waals surface area contributed by atoms with Gasteiger partial charge >= 0.3 is 0 Å². The molecule has 1 aromatic rings. The largest absolute Gasteiger partial charge is 0.409 e. The zero-order valence-electron chi connectivity index (χ0n) is 11.5. The Morgan fingerprint density at radius 3 is 2.68 bits per heavy atom. The van der Waals surface area contributed by atoms with Crippen LogP contribution in [0.3, 0.4) is 0 Å². The molecule has 0 saturated heterocycles. The highest BCUT2D eigenvalue weighted by Gasteiger charge is 2.13. The maximum absolute atomic E-state index is 12.2. The number of rotatable bonds is 6. The number of aryl methyl sites for hydroxylation is 1. The van der Waals surface area contributed by atoms with E-state index in [4.69, 9.17) is 10.9 Å². The summed E-state index contributed by atoms with van der Waals surface area (Å²) in [6.07, 6.45) is 0.764. The third-order valence-electron chi connectivity index (χ3n) is 3.10. The van der Waals surface area contributed by atoms with Crippen molar-refractivity contribution >= 4 is 11.7 Å². The zero-order chi connectivity index (χ0) is 14.3. The van der Waals surface area contributed by atoms with Gasteiger partial charge in [-0.3, -0.25) is 4.79 Å². The summed E-state index contributed by atoms with van der Waals surface area (Å²) < 4.78 is 0. The highest BCUT2D eigenvalue weighted by Crippen LogP contribution is 2.09. The van der Waals surface area contributed by atoms with Crippen molar-refractivity contribution in [1.82, 2.24) is 4.90 Å². The van der Waals surface area contributed by atoms with E-state index in [1.165, 1.54) is 0 Å². The van der Waals surface area contributed by atoms with E-state index in [0.29, 0.717) is 25.9 Å². The van der Waals surface area contributed by atoms with Crippen molar-refractivity contribution < 1.29 is 10.0 Å². The average molecular weight is 263 g/mol. The number of amidine groups is 1. The molecule has 0 bridgehead atoms. The van der Waals surface area contributed by atoms with Gasteiger partial charge in [0, 0.05) is 19.5 Å². The van der Waals surface area contributed by atoms with Gasteiger partial charge in [0.15, 0.2) is 0 Å². The van der Waals surface area contributed by atoms with Crippen LogP contribution in [0.5, 0.6) is 0 Å². The van der Waals surface area contributed by atoms with Crippen molar-refractivity contribution in [2.24, 2.45) is 10.9 Å². The van der Waals surface area contributed by atoms with Crippen molar-refractivity contribution in [3.05, 3.63) is 35.4 Å². The number of amides is 1. The van der Waals surface area contributed by atoms with Crippen molar-refractivity contribution in [3.63, 3.8) is 0 Å². The van der Waals surface area contributed by atoms with Gasteiger partial charge in [0.25, 0.3) is 0 Å². The summed E-state index contributed by atoms with van der Waals surface area (Å²) in [5.74, 6) is 0.199. The summed E-state index contributed by atoms with van der Waals surface area (Å²) in [4.78, 5) is 13.9. The molecule has 0 aliphatic carbocycles. The Morgan fingerprint density at radius 1 is 1.42 bits per heavy atom. The number of hydrogen-bond acceptors (Lipinski definition) is 3. The van der Waals surface area contributed by atoms with Gasteiger partial charge < -0.3 is 15.8 Å². The van der Waals surface area contributed by atoms with E-state index >= 15 is 0 Å². The lowest BCUT2D eigenvalue weighted by atomic mass is 10.1. The monoisotopic (exact) mass is 263 g/mol. The zero-order valence-corrected chi connectivity index (χ0v) is 11.5. The van der Waals surface area contributed by atoms with Crippen LogP contribution in [0.1, 0.15) is 24.5 Å². The predicted octanol–water partition coefficient (Wildman–Crippen LogP) is 1.52. The molecule has 5 heteroatoms. The highest BCUT2D eigenvalue weighted by atomic mass is 16.4. The molecule has 0 spiro atoms. The smallest absolute Gasteiger partial charge is 0.227 e. The van der Waals surface area contributed by atoms with Crippen LogP contribution in [0.25, 0.3) is 0 Å². The van der Waals surface area contributed by atoms with Crippen LogP contribution in [-0.2, 0) is 11.2 Å². The number of oxime groups is 1. The minimum Gasteiger partial charge on any atom is -0.409 e. The lowest BCUT2D eigenvalue weighted by Gasteiger charge is -2.21. The molecular formula is C14H21N3O2. The van der Waals surface area contributed by atoms with E-state index in [1.807, 2.05) is 38.1 Å². The molecule has 3 N–H and O–H groups in total. The van der Waals surface area contributed by atoms with Crippen molar-refractivity contribution in [2.75, 3.05) is 13.1 Å². The number of likely N-dealkylation sites (N-methyl/N-ethyl adjacent to an activating group) is 1. The lowest BCUT2D eigenvalue weighted by molar-refractivity contribution is -0.130. The van der Waals surface area contributed by atoms with E-state index < -0.39 is 0 Å². The molecule has 0 fully saturated rings. The molecule has 5 nitrogen and oxygen atoms in total. The van der Waals surface area contributed by atoms with Gasteiger partial charge in [-0.2, -0.15) is 0 Å². The number of nitrogens with zero attached hydrogens (tertiary/aromatic N) is 2. The molecule has 19 heavy (non-hydrogen) atoms. The molecule has 1 rings (SSSR count). The molecule has 1 aromatic carbocycles. The molecule has 0 saturated carbocycles. The van der Waals surface area contributed by atoms with Crippen LogP contribution in [0.15, 0.2) is 29.4 Å². The maximum Gasteiger partial charge on any atom is 0.227 e. The Balaban J connectivity index is 2.62. The minimum atomic E-state index is 0.0579. The fourth-order valence-corrected chi connectivity index (χ4v) is 1.84. The van der Waals surface area contributed by atoms with Crippen LogP contribution in [0, 0.1) is 6.92 Å². The Hall–Kier alpha value is -2.04. The molecule has 104 valence electrons. The Labute approximate surface area is 113 Å². The summed E-state index contributed by atoms with van der Waals surface area (Å²) in [5.41, 5.74) is 7.57. The SMILES string of the molecule is CCN(CCC(N)=NO)C(=O)Cc1ccccc1C. The van der Waals surface area contributed by atoms with Gasteiger partial charge in [0.1, 0.15) is 5.84 Å². The first-order valence-electron chi connectivity index (χ1n) is 6.37. The Bertz CT molecular complexity index is 458. The van der Waals surface area contributed by atoms with Crippen LogP contribution in [0.4, 0.5) is 0 Å². The summed E-state index contributed by atoms with van der Waals surface area (Å²) in [5, 5.41) is 11.4. The topological polar surface area (TPSA) is 78.9 Å². The number of benzene rings is 1. The first kappa shape index (κ1) is 15.0. The summed E-state index contributed by atoms with van der Waals surface area (Å²) in [7, 11) is 0. The fourth-order valence-electron chi connectivity index (χ4n) is 1.84. The maximum atomic E-state index is 12.2. The van der Waals surface area contributed by atoms with E-state index in [0.717, 1.165) is 11.1 Å². The van der Waals surface area contributed by atoms with Gasteiger partial charge in [-0.15, -0.1) is 0 Å². The normalized spacial score (nSPS) is 11.4. The number of carbonyl (C=O) groups excluding carboxylic acids is 1. The molecular weight excluding hydrogens is 242 g/mol. The van der Waals surface area contributed by atoms with Crippen molar-refractivity contribution in [3.8, 4) is 0 Å². The first-order valence-corrected chi connectivity index (χ1v) is 6.37. The summed E-state index contributed by atoms with van der Waals surface area (Å²) >= 11 is 0. The third-order valence-corrected chi connectivity index (χ3v) is 3.10. The van der Waals surface area contributed by atoms with Crippen LogP contribution < -0.4 is 5.73 Å². The quantitative estimate of drug-likeness (QED) is 0.353. The first-order chi connectivity index (χ1) is 9.08. The lowest BCUT2D eigenvalue weighted by Crippen LogP contribution is -2.35. The van der Waals surface area contributed by atoms with Crippen LogP contribution >= 0.6 is 0 Å². The van der Waals surface area contributed by atoms with Gasteiger partial charge in [0.2, 0.25) is 5.91 Å². The van der Waals surface area contributed by atoms with Gasteiger partial charge in [-0.05, 0) is 25.0 Å². The molecule has 0 radical (unpaired) electrons. The van der Waals surface area contributed by atoms with Gasteiger partial charge in [-0.25, -0.2) is 0 Å². The second-order valence-corrected chi connectivity index (χ2v) is 4.42. The fraction of sp³-hybridized carbons (Fsp3) is 0.429. The van der Waals surface area contributed by atoms with E-state index in [1.54, 1.807) is 4.90 Å². The Morgan fingerprint density at radius 2 is 2.11 bits per heavy atom. The Kier molecular flexibility index (Phi) is 5.85. The predicted molar refractivity (Wildman–Crippen MR) is 75.2 cm³/mol. The second kappa shape index (κ2) is 7.41. The standard InChI is InChI=1S/C14H21N3O2/c1-3-17(9-8-13(15)16-19)14(18)10-12-7-5-4-6-11(12)2/h4-7,19H,3,8-10H2,1-2H3,(H2,15,16). The number of nitrogens with two attached hydrogens (primary N) is 1. The van der Waals surface area contributed by atoms with E-state index in [9.17, 15) is 4.79 Å². The number of carbonyl (C=O) groups is 1. The molecule has 0 aliphatic rings. The van der Waals surface area contributed by atoms with E-state index in [-0.39, 0.29) is 11.7 Å². The number of hydrogen-bond donors (Lipinski definition) is 2. The minimum absolute atomic E-state index is 0.0579. The summed E-state index contributed by atoms with van der Waals surface area (Å²) in [6.45, 7) is 5.00. The van der Waals surface area contributed by atoms with Crippen LogP contribution in [0.2, 0.25) is 0 Å². The highest BCUT2D eigenvalue weighted by molar-refractivity contribution is 5.82. The summed E-state index contributed by atoms with van der Waals surface area (Å²) in [6, 6.07) is 7.85. The second-order valence-electron chi connectivity index (χ2n) is 4.42. The van der Waals surface area contributed by atoms with E-state index in [2.05, 4.69) is 5.16 Å². The molecule has 0 aliphatic heterocycles. The average Bonchev–Trinajstić information content (AvgIpc) is 2.41. The molecule has 0 atom stereocenters. The van der Waals surface area contributed by atoms with Crippen LogP contribution in [-0.4, -0.2) is 34.9 Å². The van der Waals surface area contributed by atoms with Crippen molar-refractivity contribution in [2.45, 2.75) is 26.7 Å². The van der Waals surface area contributed by atoms with Crippen molar-refractivity contribution in [1.29, 1.82) is 0 Å².